The number of hydrogen-bond acceptors (Lipinski definition) is 7. The van der Waals surface area contributed by atoms with Crippen LogP contribution in [-0.4, -0.2) is 33.1 Å². The number of thiophene rings is 1. The SMILES string of the molecule is c1csc(-c2noc(CCCN3CCCC3c3nc4ccccc4s3)n2)c1. The van der Waals surface area contributed by atoms with E-state index in [1.54, 1.807) is 11.3 Å². The first-order valence-corrected chi connectivity index (χ1v) is 11.0. The second-order valence-electron chi connectivity index (χ2n) is 6.81. The number of fused-ring (bicyclic) bond motifs is 1. The minimum Gasteiger partial charge on any atom is -0.339 e. The highest BCUT2D eigenvalue weighted by atomic mass is 32.1. The standard InChI is InChI=1S/C20H20N4OS2/c1-2-8-16-14(6-1)21-20(27-16)15-7-3-11-24(15)12-4-10-18-22-19(23-25-18)17-9-5-13-26-17/h1-2,5-6,8-9,13,15H,3-4,7,10-12H2. The highest BCUT2D eigenvalue weighted by Gasteiger charge is 2.28. The molecule has 1 fully saturated rings. The van der Waals surface area contributed by atoms with Crippen LogP contribution in [0.25, 0.3) is 20.9 Å². The summed E-state index contributed by atoms with van der Waals surface area (Å²) in [6.07, 6.45) is 4.28. The van der Waals surface area contributed by atoms with Crippen molar-refractivity contribution in [2.24, 2.45) is 0 Å². The van der Waals surface area contributed by atoms with Gasteiger partial charge in [-0.2, -0.15) is 4.98 Å². The van der Waals surface area contributed by atoms with Crippen LogP contribution in [0.15, 0.2) is 46.3 Å². The van der Waals surface area contributed by atoms with Gasteiger partial charge in [-0.25, -0.2) is 4.98 Å². The van der Waals surface area contributed by atoms with Crippen LogP contribution < -0.4 is 0 Å². The zero-order valence-electron chi connectivity index (χ0n) is 14.9. The van der Waals surface area contributed by atoms with E-state index in [4.69, 9.17) is 9.51 Å². The molecular weight excluding hydrogens is 376 g/mol. The van der Waals surface area contributed by atoms with Crippen molar-refractivity contribution in [2.75, 3.05) is 13.1 Å². The minimum atomic E-state index is 0.451. The van der Waals surface area contributed by atoms with Crippen molar-refractivity contribution in [3.63, 3.8) is 0 Å². The molecule has 1 unspecified atom stereocenters. The summed E-state index contributed by atoms with van der Waals surface area (Å²) in [5.41, 5.74) is 1.12. The number of benzene rings is 1. The van der Waals surface area contributed by atoms with E-state index in [9.17, 15) is 0 Å². The van der Waals surface area contributed by atoms with Gasteiger partial charge in [0.2, 0.25) is 11.7 Å². The topological polar surface area (TPSA) is 55.1 Å². The number of aryl methyl sites for hydroxylation is 1. The molecule has 27 heavy (non-hydrogen) atoms. The molecule has 1 atom stereocenters. The summed E-state index contributed by atoms with van der Waals surface area (Å²) >= 11 is 3.47. The molecule has 5 rings (SSSR count). The lowest BCUT2D eigenvalue weighted by Gasteiger charge is -2.22. The Morgan fingerprint density at radius 2 is 2.11 bits per heavy atom. The van der Waals surface area contributed by atoms with Gasteiger partial charge in [-0.3, -0.25) is 4.90 Å². The fraction of sp³-hybridized carbons (Fsp3) is 0.350. The molecule has 4 heterocycles. The molecule has 0 saturated carbocycles. The van der Waals surface area contributed by atoms with E-state index >= 15 is 0 Å². The zero-order chi connectivity index (χ0) is 18.1. The maximum absolute atomic E-state index is 5.42. The lowest BCUT2D eigenvalue weighted by molar-refractivity contribution is 0.249. The molecule has 1 aromatic carbocycles. The normalized spacial score (nSPS) is 17.9. The predicted molar refractivity (Wildman–Crippen MR) is 109 cm³/mol. The number of nitrogens with zero attached hydrogens (tertiary/aromatic N) is 4. The van der Waals surface area contributed by atoms with E-state index in [2.05, 4.69) is 39.3 Å². The quantitative estimate of drug-likeness (QED) is 0.450. The predicted octanol–water partition coefficient (Wildman–Crippen LogP) is 5.18. The Bertz CT molecular complexity index is 991. The van der Waals surface area contributed by atoms with Crippen LogP contribution in [0.1, 0.15) is 36.2 Å². The summed E-state index contributed by atoms with van der Waals surface area (Å²) < 4.78 is 6.70. The fourth-order valence-corrected chi connectivity index (χ4v) is 5.49. The van der Waals surface area contributed by atoms with E-state index in [1.807, 2.05) is 28.8 Å². The summed E-state index contributed by atoms with van der Waals surface area (Å²) in [6, 6.07) is 12.9. The van der Waals surface area contributed by atoms with Crippen molar-refractivity contribution in [1.82, 2.24) is 20.0 Å². The van der Waals surface area contributed by atoms with Crippen LogP contribution in [0.4, 0.5) is 0 Å². The molecule has 0 amide bonds. The van der Waals surface area contributed by atoms with Crippen LogP contribution in [-0.2, 0) is 6.42 Å². The molecule has 1 aliphatic rings. The number of para-hydroxylation sites is 1. The van der Waals surface area contributed by atoms with Gasteiger partial charge in [0, 0.05) is 6.42 Å². The van der Waals surface area contributed by atoms with Gasteiger partial charge in [-0.05, 0) is 55.9 Å². The van der Waals surface area contributed by atoms with Gasteiger partial charge in [-0.15, -0.1) is 22.7 Å². The molecule has 0 bridgehead atoms. The van der Waals surface area contributed by atoms with Gasteiger partial charge in [0.25, 0.3) is 0 Å². The molecule has 0 N–H and O–H groups in total. The van der Waals surface area contributed by atoms with Crippen molar-refractivity contribution >= 4 is 32.9 Å². The summed E-state index contributed by atoms with van der Waals surface area (Å²) in [5, 5.41) is 7.38. The van der Waals surface area contributed by atoms with Crippen LogP contribution in [0.3, 0.4) is 0 Å². The Kier molecular flexibility index (Phi) is 4.73. The first-order chi connectivity index (χ1) is 13.4. The summed E-state index contributed by atoms with van der Waals surface area (Å²) in [5.74, 6) is 1.43. The molecule has 0 radical (unpaired) electrons. The Morgan fingerprint density at radius 3 is 3.00 bits per heavy atom. The first kappa shape index (κ1) is 17.0. The van der Waals surface area contributed by atoms with Crippen LogP contribution >= 0.6 is 22.7 Å². The van der Waals surface area contributed by atoms with Crippen LogP contribution in [0.2, 0.25) is 0 Å². The first-order valence-electron chi connectivity index (χ1n) is 9.33. The third-order valence-electron chi connectivity index (χ3n) is 5.00. The summed E-state index contributed by atoms with van der Waals surface area (Å²) in [4.78, 5) is 13.0. The molecule has 7 heteroatoms. The third-order valence-corrected chi connectivity index (χ3v) is 7.01. The van der Waals surface area contributed by atoms with Crippen molar-refractivity contribution < 1.29 is 4.52 Å². The van der Waals surface area contributed by atoms with Crippen LogP contribution in [0.5, 0.6) is 0 Å². The average Bonchev–Trinajstić information content (AvgIpc) is 3.46. The van der Waals surface area contributed by atoms with Gasteiger partial charge in [0.05, 0.1) is 21.1 Å². The Hall–Kier alpha value is -2.09. The zero-order valence-corrected chi connectivity index (χ0v) is 16.5. The van der Waals surface area contributed by atoms with E-state index in [0.29, 0.717) is 11.9 Å². The molecule has 138 valence electrons. The fourth-order valence-electron chi connectivity index (χ4n) is 3.70. The second kappa shape index (κ2) is 7.50. The molecular formula is C20H20N4OS2. The second-order valence-corrected chi connectivity index (χ2v) is 8.82. The highest BCUT2D eigenvalue weighted by Crippen LogP contribution is 2.36. The number of rotatable bonds is 6. The smallest absolute Gasteiger partial charge is 0.227 e. The van der Waals surface area contributed by atoms with E-state index in [-0.39, 0.29) is 0 Å². The van der Waals surface area contributed by atoms with Crippen LogP contribution in [0, 0.1) is 0 Å². The number of hydrogen-bond donors (Lipinski definition) is 0. The Balaban J connectivity index is 1.21. The molecule has 0 spiro atoms. The highest BCUT2D eigenvalue weighted by molar-refractivity contribution is 7.18. The maximum atomic E-state index is 5.42. The molecule has 3 aromatic heterocycles. The van der Waals surface area contributed by atoms with E-state index in [0.717, 1.165) is 42.2 Å². The number of likely N-dealkylation sites (tertiary alicyclic amines) is 1. The average molecular weight is 397 g/mol. The van der Waals surface area contributed by atoms with E-state index < -0.39 is 0 Å². The molecule has 5 nitrogen and oxygen atoms in total. The minimum absolute atomic E-state index is 0.451. The number of thiazole rings is 1. The summed E-state index contributed by atoms with van der Waals surface area (Å²) in [6.45, 7) is 2.18. The lowest BCUT2D eigenvalue weighted by atomic mass is 10.2. The maximum Gasteiger partial charge on any atom is 0.227 e. The van der Waals surface area contributed by atoms with Crippen molar-refractivity contribution in [1.29, 1.82) is 0 Å². The van der Waals surface area contributed by atoms with Crippen molar-refractivity contribution in [2.45, 2.75) is 31.7 Å². The van der Waals surface area contributed by atoms with Gasteiger partial charge >= 0.3 is 0 Å². The number of aromatic nitrogens is 3. The Labute approximate surface area is 165 Å². The van der Waals surface area contributed by atoms with Gasteiger partial charge in [0.15, 0.2) is 0 Å². The van der Waals surface area contributed by atoms with E-state index in [1.165, 1.54) is 22.5 Å². The van der Waals surface area contributed by atoms with Gasteiger partial charge in [-0.1, -0.05) is 23.4 Å². The van der Waals surface area contributed by atoms with Crippen molar-refractivity contribution in [3.8, 4) is 10.7 Å². The monoisotopic (exact) mass is 396 g/mol. The largest absolute Gasteiger partial charge is 0.339 e. The third kappa shape index (κ3) is 3.54. The lowest BCUT2D eigenvalue weighted by Crippen LogP contribution is -2.24. The van der Waals surface area contributed by atoms with Crippen molar-refractivity contribution in [3.05, 3.63) is 52.7 Å². The molecule has 1 saturated heterocycles. The molecule has 0 aliphatic carbocycles. The van der Waals surface area contributed by atoms with Gasteiger partial charge < -0.3 is 4.52 Å². The van der Waals surface area contributed by atoms with Gasteiger partial charge in [0.1, 0.15) is 5.01 Å². The molecule has 4 aromatic rings. The summed E-state index contributed by atoms with van der Waals surface area (Å²) in [7, 11) is 0. The molecule has 1 aliphatic heterocycles. The Morgan fingerprint density at radius 1 is 1.15 bits per heavy atom.